The van der Waals surface area contributed by atoms with Crippen molar-refractivity contribution < 1.29 is 0 Å². The molecule has 0 saturated heterocycles. The Morgan fingerprint density at radius 2 is 0.939 bits per heavy atom. The number of aromatic nitrogens is 3. The van der Waals surface area contributed by atoms with Crippen LogP contribution < -0.4 is 4.90 Å². The van der Waals surface area contributed by atoms with Gasteiger partial charge in [0, 0.05) is 20.6 Å². The fourth-order valence-electron chi connectivity index (χ4n) is 4.57. The van der Waals surface area contributed by atoms with Crippen LogP contribution in [0, 0.1) is 0 Å². The van der Waals surface area contributed by atoms with Gasteiger partial charge >= 0.3 is 0 Å². The molecule has 5 aromatic carbocycles. The first-order valence-corrected chi connectivity index (χ1v) is 11.7. The van der Waals surface area contributed by atoms with Gasteiger partial charge in [0.2, 0.25) is 0 Å². The SMILES string of the molecule is c1ccc2c(c1)Sc1ccccc1N2c1ccc(-n2nc3ccccc3n2)c2ccccc12. The lowest BCUT2D eigenvalue weighted by Gasteiger charge is -2.33. The normalized spacial score (nSPS) is 12.7. The Kier molecular flexibility index (Phi) is 4.04. The highest BCUT2D eigenvalue weighted by Gasteiger charge is 2.26. The van der Waals surface area contributed by atoms with Crippen molar-refractivity contribution in [3.05, 3.63) is 109 Å². The van der Waals surface area contributed by atoms with Crippen LogP contribution >= 0.6 is 11.8 Å². The Labute approximate surface area is 195 Å². The molecule has 0 atom stereocenters. The van der Waals surface area contributed by atoms with Crippen molar-refractivity contribution in [1.29, 1.82) is 0 Å². The predicted octanol–water partition coefficient (Wildman–Crippen LogP) is 7.51. The smallest absolute Gasteiger partial charge is 0.113 e. The molecule has 0 spiro atoms. The van der Waals surface area contributed by atoms with Crippen LogP contribution in [0.4, 0.5) is 17.1 Å². The highest BCUT2D eigenvalue weighted by atomic mass is 32.2. The molecule has 0 unspecified atom stereocenters. The van der Waals surface area contributed by atoms with Gasteiger partial charge < -0.3 is 4.90 Å². The average molecular weight is 443 g/mol. The van der Waals surface area contributed by atoms with E-state index in [4.69, 9.17) is 10.2 Å². The highest BCUT2D eigenvalue weighted by Crippen LogP contribution is 2.52. The van der Waals surface area contributed by atoms with Crippen molar-refractivity contribution in [2.75, 3.05) is 4.90 Å². The molecule has 0 N–H and O–H groups in total. The van der Waals surface area contributed by atoms with Crippen LogP contribution in [0.1, 0.15) is 0 Å². The van der Waals surface area contributed by atoms with Crippen LogP contribution in [0.15, 0.2) is 119 Å². The van der Waals surface area contributed by atoms with Crippen LogP contribution in [0.25, 0.3) is 27.5 Å². The molecule has 1 aliphatic heterocycles. The van der Waals surface area contributed by atoms with Crippen molar-refractivity contribution in [2.45, 2.75) is 9.79 Å². The minimum absolute atomic E-state index is 0.890. The fraction of sp³-hybridized carbons (Fsp3) is 0. The monoisotopic (exact) mass is 442 g/mol. The number of hydrogen-bond donors (Lipinski definition) is 0. The summed E-state index contributed by atoms with van der Waals surface area (Å²) in [5, 5.41) is 11.7. The summed E-state index contributed by atoms with van der Waals surface area (Å²) in [7, 11) is 0. The van der Waals surface area contributed by atoms with E-state index in [1.54, 1.807) is 4.80 Å². The van der Waals surface area contributed by atoms with Crippen LogP contribution in [-0.4, -0.2) is 15.0 Å². The van der Waals surface area contributed by atoms with Crippen LogP contribution in [-0.2, 0) is 0 Å². The van der Waals surface area contributed by atoms with Crippen LogP contribution in [0.3, 0.4) is 0 Å². The van der Waals surface area contributed by atoms with Gasteiger partial charge in [-0.3, -0.25) is 0 Å². The average Bonchev–Trinajstić information content (AvgIpc) is 3.31. The van der Waals surface area contributed by atoms with Gasteiger partial charge in [0.1, 0.15) is 11.0 Å². The zero-order valence-electron chi connectivity index (χ0n) is 17.6. The number of rotatable bonds is 2. The second kappa shape index (κ2) is 7.22. The summed E-state index contributed by atoms with van der Waals surface area (Å²) < 4.78 is 0. The van der Waals surface area contributed by atoms with Crippen LogP contribution in [0.5, 0.6) is 0 Å². The van der Waals surface area contributed by atoms with E-state index in [9.17, 15) is 0 Å². The van der Waals surface area contributed by atoms with Crippen molar-refractivity contribution in [2.24, 2.45) is 0 Å². The lowest BCUT2D eigenvalue weighted by atomic mass is 10.0. The molecule has 7 rings (SSSR count). The van der Waals surface area contributed by atoms with E-state index < -0.39 is 0 Å². The van der Waals surface area contributed by atoms with E-state index >= 15 is 0 Å². The molecular formula is C28H18N4S. The molecular weight excluding hydrogens is 424 g/mol. The molecule has 0 fully saturated rings. The third-order valence-electron chi connectivity index (χ3n) is 6.05. The molecule has 156 valence electrons. The molecule has 1 aliphatic rings. The maximum atomic E-state index is 4.74. The molecule has 0 amide bonds. The standard InChI is InChI=1S/C28H18N4S/c1-2-10-20-19(9-1)23(17-18-24(20)32-29-21-11-3-4-12-22(21)30-32)31-25-13-5-7-15-27(25)33-28-16-8-6-14-26(28)31/h1-18H. The molecule has 1 aromatic heterocycles. The molecule has 2 heterocycles. The van der Waals surface area contributed by atoms with E-state index in [0.29, 0.717) is 0 Å². The van der Waals surface area contributed by atoms with Crippen molar-refractivity contribution in [3.8, 4) is 5.69 Å². The zero-order valence-corrected chi connectivity index (χ0v) is 18.4. The minimum atomic E-state index is 0.890. The number of fused-ring (bicyclic) bond motifs is 4. The first-order chi connectivity index (χ1) is 16.4. The number of hydrogen-bond acceptors (Lipinski definition) is 4. The van der Waals surface area contributed by atoms with E-state index in [1.165, 1.54) is 21.2 Å². The predicted molar refractivity (Wildman–Crippen MR) is 135 cm³/mol. The Balaban J connectivity index is 1.49. The van der Waals surface area contributed by atoms with Crippen molar-refractivity contribution in [1.82, 2.24) is 15.0 Å². The maximum Gasteiger partial charge on any atom is 0.113 e. The topological polar surface area (TPSA) is 34.0 Å². The largest absolute Gasteiger partial charge is 0.308 e. The van der Waals surface area contributed by atoms with E-state index in [-0.39, 0.29) is 0 Å². The summed E-state index contributed by atoms with van der Waals surface area (Å²) >= 11 is 1.82. The molecule has 0 saturated carbocycles. The molecule has 0 aliphatic carbocycles. The number of nitrogens with zero attached hydrogens (tertiary/aromatic N) is 4. The van der Waals surface area contributed by atoms with Gasteiger partial charge in [-0.15, -0.1) is 15.0 Å². The van der Waals surface area contributed by atoms with Gasteiger partial charge in [0.25, 0.3) is 0 Å². The van der Waals surface area contributed by atoms with Gasteiger partial charge in [-0.2, -0.15) is 0 Å². The first-order valence-electron chi connectivity index (χ1n) is 10.9. The highest BCUT2D eigenvalue weighted by molar-refractivity contribution is 7.99. The van der Waals surface area contributed by atoms with Gasteiger partial charge in [-0.25, -0.2) is 0 Å². The van der Waals surface area contributed by atoms with E-state index in [0.717, 1.165) is 33.2 Å². The quantitative estimate of drug-likeness (QED) is 0.277. The van der Waals surface area contributed by atoms with Gasteiger partial charge in [-0.1, -0.05) is 72.4 Å². The Hall–Kier alpha value is -4.09. The number of benzene rings is 5. The summed E-state index contributed by atoms with van der Waals surface area (Å²) in [6, 6.07) is 38.0. The fourth-order valence-corrected chi connectivity index (χ4v) is 5.63. The summed E-state index contributed by atoms with van der Waals surface area (Å²) in [5.41, 5.74) is 6.29. The van der Waals surface area contributed by atoms with Gasteiger partial charge in [-0.05, 0) is 48.5 Å². The maximum absolute atomic E-state index is 4.74. The molecule has 4 nitrogen and oxygen atoms in total. The van der Waals surface area contributed by atoms with E-state index in [1.807, 2.05) is 36.0 Å². The molecule has 6 aromatic rings. The van der Waals surface area contributed by atoms with Crippen molar-refractivity contribution in [3.63, 3.8) is 0 Å². The molecule has 0 radical (unpaired) electrons. The summed E-state index contributed by atoms with van der Waals surface area (Å²) in [6.07, 6.45) is 0. The second-order valence-electron chi connectivity index (χ2n) is 8.00. The Morgan fingerprint density at radius 3 is 1.58 bits per heavy atom. The third kappa shape index (κ3) is 2.86. The Bertz CT molecular complexity index is 1590. The summed E-state index contributed by atoms with van der Waals surface area (Å²) in [4.78, 5) is 6.64. The Morgan fingerprint density at radius 1 is 0.455 bits per heavy atom. The minimum Gasteiger partial charge on any atom is -0.308 e. The number of anilines is 3. The molecule has 33 heavy (non-hydrogen) atoms. The molecule has 5 heteroatoms. The lowest BCUT2D eigenvalue weighted by Crippen LogP contribution is -2.15. The van der Waals surface area contributed by atoms with E-state index in [2.05, 4.69) is 89.8 Å². The zero-order chi connectivity index (χ0) is 21.8. The van der Waals surface area contributed by atoms with Gasteiger partial charge in [0.05, 0.1) is 22.7 Å². The summed E-state index contributed by atoms with van der Waals surface area (Å²) in [6.45, 7) is 0. The third-order valence-corrected chi connectivity index (χ3v) is 7.18. The van der Waals surface area contributed by atoms with Crippen molar-refractivity contribution >= 4 is 50.6 Å². The lowest BCUT2D eigenvalue weighted by molar-refractivity contribution is 0.771. The number of para-hydroxylation sites is 2. The summed E-state index contributed by atoms with van der Waals surface area (Å²) in [5.74, 6) is 0. The first kappa shape index (κ1) is 18.5. The van der Waals surface area contributed by atoms with Crippen LogP contribution in [0.2, 0.25) is 0 Å². The molecule has 0 bridgehead atoms. The second-order valence-corrected chi connectivity index (χ2v) is 9.08. The van der Waals surface area contributed by atoms with Gasteiger partial charge in [0.15, 0.2) is 0 Å².